The van der Waals surface area contributed by atoms with Gasteiger partial charge in [0.1, 0.15) is 0 Å². The average molecular weight is 392 g/mol. The number of para-hydroxylation sites is 1. The van der Waals surface area contributed by atoms with Crippen molar-refractivity contribution in [3.05, 3.63) is 52.5 Å². The summed E-state index contributed by atoms with van der Waals surface area (Å²) in [5, 5.41) is 2.80. The lowest BCUT2D eigenvalue weighted by Gasteiger charge is -2.14. The molecule has 5 nitrogen and oxygen atoms in total. The van der Waals surface area contributed by atoms with Crippen LogP contribution in [0.1, 0.15) is 5.56 Å². The minimum Gasteiger partial charge on any atom is -0.493 e. The second-order valence-electron chi connectivity index (χ2n) is 4.73. The number of methoxy groups -OCH3 is 3. The number of halogens is 1. The Morgan fingerprint density at radius 2 is 1.71 bits per heavy atom. The van der Waals surface area contributed by atoms with Crippen LogP contribution in [0.25, 0.3) is 6.08 Å². The standard InChI is InChI=1S/C18H18BrNO4/c1-22-15-10-8-12(17(23-2)18(15)24-3)9-11-16(21)20-14-7-5-4-6-13(14)19/h4-11H,1-3H3,(H,20,21)/b11-9+. The molecule has 6 heteroatoms. The topological polar surface area (TPSA) is 56.8 Å². The number of amides is 1. The first-order chi connectivity index (χ1) is 11.6. The van der Waals surface area contributed by atoms with Crippen LogP contribution in [0, 0.1) is 0 Å². The molecule has 0 saturated carbocycles. The molecule has 0 aliphatic rings. The van der Waals surface area contributed by atoms with E-state index in [-0.39, 0.29) is 5.91 Å². The van der Waals surface area contributed by atoms with Gasteiger partial charge in [-0.05, 0) is 46.3 Å². The van der Waals surface area contributed by atoms with Crippen molar-refractivity contribution in [1.82, 2.24) is 0 Å². The van der Waals surface area contributed by atoms with Crippen LogP contribution in [-0.2, 0) is 4.79 Å². The highest BCUT2D eigenvalue weighted by Gasteiger charge is 2.14. The number of carbonyl (C=O) groups excluding carboxylic acids is 1. The Morgan fingerprint density at radius 3 is 2.33 bits per heavy atom. The van der Waals surface area contributed by atoms with E-state index in [1.165, 1.54) is 20.3 Å². The number of rotatable bonds is 6. The number of nitrogens with one attached hydrogen (secondary N) is 1. The summed E-state index contributed by atoms with van der Waals surface area (Å²) in [5.74, 6) is 1.29. The van der Waals surface area contributed by atoms with Crippen LogP contribution >= 0.6 is 15.9 Å². The molecule has 0 aromatic heterocycles. The van der Waals surface area contributed by atoms with Gasteiger partial charge in [-0.3, -0.25) is 4.79 Å². The van der Waals surface area contributed by atoms with Gasteiger partial charge in [0, 0.05) is 16.1 Å². The molecule has 2 aromatic rings. The molecule has 0 spiro atoms. The van der Waals surface area contributed by atoms with Crippen LogP contribution in [-0.4, -0.2) is 27.2 Å². The Morgan fingerprint density at radius 1 is 1.00 bits per heavy atom. The number of hydrogen-bond donors (Lipinski definition) is 1. The molecule has 0 heterocycles. The predicted octanol–water partition coefficient (Wildman–Crippen LogP) is 4.13. The maximum absolute atomic E-state index is 12.1. The van der Waals surface area contributed by atoms with E-state index < -0.39 is 0 Å². The van der Waals surface area contributed by atoms with E-state index in [0.29, 0.717) is 28.5 Å². The van der Waals surface area contributed by atoms with E-state index in [9.17, 15) is 4.79 Å². The summed E-state index contributed by atoms with van der Waals surface area (Å²) in [6.45, 7) is 0. The lowest BCUT2D eigenvalue weighted by Crippen LogP contribution is -2.08. The van der Waals surface area contributed by atoms with Gasteiger partial charge in [0.25, 0.3) is 0 Å². The van der Waals surface area contributed by atoms with E-state index in [0.717, 1.165) is 4.47 Å². The van der Waals surface area contributed by atoms with Crippen molar-refractivity contribution in [2.75, 3.05) is 26.6 Å². The van der Waals surface area contributed by atoms with Crippen molar-refractivity contribution < 1.29 is 19.0 Å². The lowest BCUT2D eigenvalue weighted by atomic mass is 10.1. The summed E-state index contributed by atoms with van der Waals surface area (Å²) in [6.07, 6.45) is 3.09. The quantitative estimate of drug-likeness (QED) is 0.752. The zero-order valence-electron chi connectivity index (χ0n) is 13.6. The number of hydrogen-bond acceptors (Lipinski definition) is 4. The fraction of sp³-hybridized carbons (Fsp3) is 0.167. The smallest absolute Gasteiger partial charge is 0.248 e. The Labute approximate surface area is 149 Å². The summed E-state index contributed by atoms with van der Waals surface area (Å²) < 4.78 is 16.8. The third kappa shape index (κ3) is 4.08. The van der Waals surface area contributed by atoms with Gasteiger partial charge < -0.3 is 19.5 Å². The highest BCUT2D eigenvalue weighted by molar-refractivity contribution is 9.10. The van der Waals surface area contributed by atoms with Gasteiger partial charge in [0.15, 0.2) is 11.5 Å². The van der Waals surface area contributed by atoms with Crippen LogP contribution in [0.2, 0.25) is 0 Å². The first kappa shape index (κ1) is 17.9. The molecule has 0 radical (unpaired) electrons. The van der Waals surface area contributed by atoms with Gasteiger partial charge in [-0.15, -0.1) is 0 Å². The third-order valence-corrected chi connectivity index (χ3v) is 3.97. The molecule has 0 aliphatic carbocycles. The van der Waals surface area contributed by atoms with Gasteiger partial charge in [-0.2, -0.15) is 0 Å². The van der Waals surface area contributed by atoms with Crippen molar-refractivity contribution >= 4 is 33.6 Å². The normalized spacial score (nSPS) is 10.5. The van der Waals surface area contributed by atoms with Gasteiger partial charge in [0.05, 0.1) is 27.0 Å². The summed E-state index contributed by atoms with van der Waals surface area (Å²) >= 11 is 3.39. The first-order valence-electron chi connectivity index (χ1n) is 7.13. The maximum Gasteiger partial charge on any atom is 0.248 e. The lowest BCUT2D eigenvalue weighted by molar-refractivity contribution is -0.111. The van der Waals surface area contributed by atoms with E-state index in [2.05, 4.69) is 21.2 Å². The fourth-order valence-electron chi connectivity index (χ4n) is 2.16. The van der Waals surface area contributed by atoms with Crippen LogP contribution in [0.4, 0.5) is 5.69 Å². The van der Waals surface area contributed by atoms with Crippen LogP contribution in [0.15, 0.2) is 46.9 Å². The van der Waals surface area contributed by atoms with Crippen molar-refractivity contribution in [1.29, 1.82) is 0 Å². The molecule has 0 unspecified atom stereocenters. The second-order valence-corrected chi connectivity index (χ2v) is 5.58. The van der Waals surface area contributed by atoms with E-state index in [1.54, 1.807) is 25.3 Å². The molecular formula is C18H18BrNO4. The minimum absolute atomic E-state index is 0.251. The van der Waals surface area contributed by atoms with Crippen molar-refractivity contribution in [2.24, 2.45) is 0 Å². The zero-order chi connectivity index (χ0) is 17.5. The SMILES string of the molecule is COc1ccc(/C=C/C(=O)Nc2ccccc2Br)c(OC)c1OC. The summed E-state index contributed by atoms with van der Waals surface area (Å²) in [4.78, 5) is 12.1. The number of ether oxygens (including phenoxy) is 3. The van der Waals surface area contributed by atoms with Gasteiger partial charge in [-0.25, -0.2) is 0 Å². The summed E-state index contributed by atoms with van der Waals surface area (Å²) in [5.41, 5.74) is 1.41. The van der Waals surface area contributed by atoms with Gasteiger partial charge in [-0.1, -0.05) is 12.1 Å². The Balaban J connectivity index is 2.22. The highest BCUT2D eigenvalue weighted by Crippen LogP contribution is 2.40. The molecule has 126 valence electrons. The van der Waals surface area contributed by atoms with Crippen molar-refractivity contribution in [3.63, 3.8) is 0 Å². The molecule has 0 bridgehead atoms. The minimum atomic E-state index is -0.251. The molecule has 0 saturated heterocycles. The molecular weight excluding hydrogens is 374 g/mol. The van der Waals surface area contributed by atoms with Crippen LogP contribution < -0.4 is 19.5 Å². The van der Waals surface area contributed by atoms with Crippen LogP contribution in [0.5, 0.6) is 17.2 Å². The van der Waals surface area contributed by atoms with E-state index in [1.807, 2.05) is 24.3 Å². The molecule has 24 heavy (non-hydrogen) atoms. The molecule has 2 aromatic carbocycles. The monoisotopic (exact) mass is 391 g/mol. The Bertz CT molecular complexity index is 759. The fourth-order valence-corrected chi connectivity index (χ4v) is 2.54. The van der Waals surface area contributed by atoms with E-state index in [4.69, 9.17) is 14.2 Å². The zero-order valence-corrected chi connectivity index (χ0v) is 15.2. The predicted molar refractivity (Wildman–Crippen MR) is 97.9 cm³/mol. The largest absolute Gasteiger partial charge is 0.493 e. The maximum atomic E-state index is 12.1. The summed E-state index contributed by atoms with van der Waals surface area (Å²) in [7, 11) is 4.63. The summed E-state index contributed by atoms with van der Waals surface area (Å²) in [6, 6.07) is 10.9. The molecule has 1 amide bonds. The average Bonchev–Trinajstić information content (AvgIpc) is 2.60. The van der Waals surface area contributed by atoms with Crippen LogP contribution in [0.3, 0.4) is 0 Å². The third-order valence-electron chi connectivity index (χ3n) is 3.28. The molecule has 0 atom stereocenters. The second kappa shape index (κ2) is 8.40. The molecule has 0 aliphatic heterocycles. The molecule has 2 rings (SSSR count). The van der Waals surface area contributed by atoms with E-state index >= 15 is 0 Å². The number of carbonyl (C=O) groups is 1. The molecule has 0 fully saturated rings. The first-order valence-corrected chi connectivity index (χ1v) is 7.92. The molecule has 1 N–H and O–H groups in total. The van der Waals surface area contributed by atoms with Gasteiger partial charge >= 0.3 is 0 Å². The number of benzene rings is 2. The number of anilines is 1. The van der Waals surface area contributed by atoms with Crippen molar-refractivity contribution in [2.45, 2.75) is 0 Å². The highest BCUT2D eigenvalue weighted by atomic mass is 79.9. The Hall–Kier alpha value is -2.47. The van der Waals surface area contributed by atoms with Gasteiger partial charge in [0.2, 0.25) is 11.7 Å². The van der Waals surface area contributed by atoms with Crippen molar-refractivity contribution in [3.8, 4) is 17.2 Å². The Kier molecular flexibility index (Phi) is 6.26.